The van der Waals surface area contributed by atoms with E-state index in [9.17, 15) is 4.79 Å². The molecule has 1 N–H and O–H groups in total. The lowest BCUT2D eigenvalue weighted by molar-refractivity contribution is -0.119. The summed E-state index contributed by atoms with van der Waals surface area (Å²) in [5.41, 5.74) is 2.87. The molecule has 2 aromatic rings. The quantitative estimate of drug-likeness (QED) is 0.944. The van der Waals surface area contributed by atoms with E-state index in [1.807, 2.05) is 50.1 Å². The fraction of sp³-hybridized carbons (Fsp3) is 0.353. The second-order valence-corrected chi connectivity index (χ2v) is 5.83. The van der Waals surface area contributed by atoms with Crippen molar-refractivity contribution in [1.82, 2.24) is 9.97 Å². The SMILES string of the molecule is CCC1C(=O)N(C)c2cnc(Nc3ccc(C)cc3)nc2N1C. The van der Waals surface area contributed by atoms with Crippen LogP contribution in [-0.2, 0) is 4.79 Å². The van der Waals surface area contributed by atoms with Crippen LogP contribution < -0.4 is 15.1 Å². The number of hydrogen-bond donors (Lipinski definition) is 1. The first kappa shape index (κ1) is 15.3. The van der Waals surface area contributed by atoms with Crippen LogP contribution in [0.4, 0.5) is 23.1 Å². The summed E-state index contributed by atoms with van der Waals surface area (Å²) < 4.78 is 0. The second kappa shape index (κ2) is 5.87. The van der Waals surface area contributed by atoms with Gasteiger partial charge in [0, 0.05) is 19.8 Å². The lowest BCUT2D eigenvalue weighted by atomic mass is 10.1. The van der Waals surface area contributed by atoms with E-state index in [-0.39, 0.29) is 11.9 Å². The molecule has 0 saturated heterocycles. The summed E-state index contributed by atoms with van der Waals surface area (Å²) in [5.74, 6) is 1.37. The Balaban J connectivity index is 1.93. The Morgan fingerprint density at radius 2 is 1.91 bits per heavy atom. The second-order valence-electron chi connectivity index (χ2n) is 5.83. The number of hydrogen-bond acceptors (Lipinski definition) is 5. The van der Waals surface area contributed by atoms with Crippen molar-refractivity contribution >= 4 is 29.0 Å². The van der Waals surface area contributed by atoms with Gasteiger partial charge in [-0.3, -0.25) is 4.79 Å². The van der Waals surface area contributed by atoms with Gasteiger partial charge in [0.25, 0.3) is 0 Å². The van der Waals surface area contributed by atoms with E-state index in [0.29, 0.717) is 5.95 Å². The van der Waals surface area contributed by atoms with Crippen molar-refractivity contribution in [3.8, 4) is 0 Å². The molecule has 23 heavy (non-hydrogen) atoms. The number of aromatic nitrogens is 2. The monoisotopic (exact) mass is 311 g/mol. The molecule has 0 radical (unpaired) electrons. The number of aryl methyl sites for hydroxylation is 1. The summed E-state index contributed by atoms with van der Waals surface area (Å²) in [5, 5.41) is 3.21. The molecule has 6 nitrogen and oxygen atoms in total. The number of benzene rings is 1. The van der Waals surface area contributed by atoms with Crippen LogP contribution in [0.1, 0.15) is 18.9 Å². The van der Waals surface area contributed by atoms with Crippen LogP contribution in [-0.4, -0.2) is 36.0 Å². The Morgan fingerprint density at radius 3 is 2.57 bits per heavy atom. The van der Waals surface area contributed by atoms with Gasteiger partial charge in [0.15, 0.2) is 5.82 Å². The summed E-state index contributed by atoms with van der Waals surface area (Å²) in [6, 6.07) is 7.87. The third kappa shape index (κ3) is 2.72. The molecule has 0 saturated carbocycles. The van der Waals surface area contributed by atoms with E-state index in [1.54, 1.807) is 18.1 Å². The number of rotatable bonds is 3. The molecule has 0 spiro atoms. The molecular formula is C17H21N5O. The molecule has 1 aromatic heterocycles. The van der Waals surface area contributed by atoms with Gasteiger partial charge in [0.2, 0.25) is 11.9 Å². The summed E-state index contributed by atoms with van der Waals surface area (Å²) in [4.78, 5) is 24.9. The van der Waals surface area contributed by atoms with Crippen LogP contribution in [0.2, 0.25) is 0 Å². The maximum atomic E-state index is 12.4. The molecule has 3 rings (SSSR count). The molecule has 1 aliphatic heterocycles. The van der Waals surface area contributed by atoms with Crippen molar-refractivity contribution in [1.29, 1.82) is 0 Å². The Hall–Kier alpha value is -2.63. The largest absolute Gasteiger partial charge is 0.346 e. The Morgan fingerprint density at radius 1 is 1.22 bits per heavy atom. The van der Waals surface area contributed by atoms with Crippen molar-refractivity contribution < 1.29 is 4.79 Å². The van der Waals surface area contributed by atoms with Crippen LogP contribution in [0, 0.1) is 6.92 Å². The first-order valence-electron chi connectivity index (χ1n) is 7.72. The summed E-state index contributed by atoms with van der Waals surface area (Å²) >= 11 is 0. The summed E-state index contributed by atoms with van der Waals surface area (Å²) in [6.07, 6.45) is 2.43. The highest BCUT2D eigenvalue weighted by Gasteiger charge is 2.34. The van der Waals surface area contributed by atoms with Crippen LogP contribution in [0.5, 0.6) is 0 Å². The molecule has 1 amide bonds. The predicted molar refractivity (Wildman–Crippen MR) is 92.4 cm³/mol. The van der Waals surface area contributed by atoms with Crippen LogP contribution in [0.15, 0.2) is 30.5 Å². The van der Waals surface area contributed by atoms with E-state index in [1.165, 1.54) is 5.56 Å². The molecule has 2 heterocycles. The minimum Gasteiger partial charge on any atom is -0.346 e. The lowest BCUT2D eigenvalue weighted by Gasteiger charge is -2.37. The zero-order chi connectivity index (χ0) is 16.6. The molecular weight excluding hydrogens is 290 g/mol. The number of amides is 1. The highest BCUT2D eigenvalue weighted by atomic mass is 16.2. The van der Waals surface area contributed by atoms with Crippen molar-refractivity contribution in [3.63, 3.8) is 0 Å². The van der Waals surface area contributed by atoms with E-state index in [4.69, 9.17) is 0 Å². The van der Waals surface area contributed by atoms with Gasteiger partial charge in [-0.05, 0) is 25.5 Å². The first-order chi connectivity index (χ1) is 11.0. The maximum absolute atomic E-state index is 12.4. The number of fused-ring (bicyclic) bond motifs is 1. The zero-order valence-corrected chi connectivity index (χ0v) is 13.9. The van der Waals surface area contributed by atoms with Gasteiger partial charge in [-0.1, -0.05) is 24.6 Å². The topological polar surface area (TPSA) is 61.4 Å². The lowest BCUT2D eigenvalue weighted by Crippen LogP contribution is -2.50. The standard InChI is InChI=1S/C17H21N5O/c1-5-13-16(23)22(4)14-10-18-17(20-15(14)21(13)3)19-12-8-6-11(2)7-9-12/h6-10,13H,5H2,1-4H3,(H,18,19,20). The van der Waals surface area contributed by atoms with Gasteiger partial charge in [-0.15, -0.1) is 0 Å². The Bertz CT molecular complexity index is 728. The number of carbonyl (C=O) groups is 1. The fourth-order valence-corrected chi connectivity index (χ4v) is 2.79. The molecule has 120 valence electrons. The molecule has 1 atom stereocenters. The molecule has 1 aromatic carbocycles. The number of nitrogens with one attached hydrogen (secondary N) is 1. The highest BCUT2D eigenvalue weighted by Crippen LogP contribution is 2.33. The normalized spacial score (nSPS) is 17.2. The molecule has 0 aliphatic carbocycles. The van der Waals surface area contributed by atoms with Crippen molar-refractivity contribution in [2.45, 2.75) is 26.3 Å². The van der Waals surface area contributed by atoms with Crippen LogP contribution in [0.3, 0.4) is 0 Å². The molecule has 1 unspecified atom stereocenters. The summed E-state index contributed by atoms with van der Waals surface area (Å²) in [7, 11) is 3.67. The van der Waals surface area contributed by atoms with Gasteiger partial charge in [-0.25, -0.2) is 4.98 Å². The Labute approximate surface area is 136 Å². The van der Waals surface area contributed by atoms with Gasteiger partial charge in [-0.2, -0.15) is 4.98 Å². The maximum Gasteiger partial charge on any atom is 0.249 e. The predicted octanol–water partition coefficient (Wildman–Crippen LogP) is 2.72. The molecule has 0 fully saturated rings. The number of likely N-dealkylation sites (N-methyl/N-ethyl adjacent to an activating group) is 2. The van der Waals surface area contributed by atoms with Gasteiger partial charge >= 0.3 is 0 Å². The van der Waals surface area contributed by atoms with Crippen molar-refractivity contribution in [2.24, 2.45) is 0 Å². The number of anilines is 4. The van der Waals surface area contributed by atoms with Gasteiger partial charge < -0.3 is 15.1 Å². The Kier molecular flexibility index (Phi) is 3.90. The number of carbonyl (C=O) groups excluding carboxylic acids is 1. The number of nitrogens with zero attached hydrogens (tertiary/aromatic N) is 4. The molecule has 1 aliphatic rings. The van der Waals surface area contributed by atoms with Gasteiger partial charge in [0.05, 0.1) is 6.20 Å². The van der Waals surface area contributed by atoms with Crippen molar-refractivity contribution in [3.05, 3.63) is 36.0 Å². The zero-order valence-electron chi connectivity index (χ0n) is 13.9. The van der Waals surface area contributed by atoms with Crippen LogP contribution >= 0.6 is 0 Å². The average molecular weight is 311 g/mol. The highest BCUT2D eigenvalue weighted by molar-refractivity contribution is 6.04. The third-order valence-corrected chi connectivity index (χ3v) is 4.22. The van der Waals surface area contributed by atoms with E-state index in [0.717, 1.165) is 23.6 Å². The smallest absolute Gasteiger partial charge is 0.249 e. The third-order valence-electron chi connectivity index (χ3n) is 4.22. The van der Waals surface area contributed by atoms with E-state index >= 15 is 0 Å². The van der Waals surface area contributed by atoms with Crippen molar-refractivity contribution in [2.75, 3.05) is 29.2 Å². The van der Waals surface area contributed by atoms with Gasteiger partial charge in [0.1, 0.15) is 11.7 Å². The summed E-state index contributed by atoms with van der Waals surface area (Å²) in [6.45, 7) is 4.05. The first-order valence-corrected chi connectivity index (χ1v) is 7.72. The minimum atomic E-state index is -0.186. The fourth-order valence-electron chi connectivity index (χ4n) is 2.79. The minimum absolute atomic E-state index is 0.0744. The van der Waals surface area contributed by atoms with E-state index in [2.05, 4.69) is 15.3 Å². The molecule has 6 heteroatoms. The molecule has 0 bridgehead atoms. The average Bonchev–Trinajstić information content (AvgIpc) is 2.55. The van der Waals surface area contributed by atoms with E-state index < -0.39 is 0 Å². The van der Waals surface area contributed by atoms with Crippen LogP contribution in [0.25, 0.3) is 0 Å².